The van der Waals surface area contributed by atoms with E-state index in [2.05, 4.69) is 45.9 Å². The Morgan fingerprint density at radius 2 is 1.73 bits per heavy atom. The van der Waals surface area contributed by atoms with Crippen molar-refractivity contribution in [3.05, 3.63) is 47.5 Å². The van der Waals surface area contributed by atoms with Crippen molar-refractivity contribution in [1.29, 1.82) is 10.5 Å². The van der Waals surface area contributed by atoms with Gasteiger partial charge in [0, 0.05) is 11.8 Å². The van der Waals surface area contributed by atoms with Crippen LogP contribution in [0.25, 0.3) is 0 Å². The molecule has 0 spiro atoms. The van der Waals surface area contributed by atoms with Crippen molar-refractivity contribution in [2.45, 2.75) is 46.5 Å². The first-order valence-corrected chi connectivity index (χ1v) is 7.96. The maximum Gasteiger partial charge on any atom is 0.157 e. The summed E-state index contributed by atoms with van der Waals surface area (Å²) >= 11 is 0. The summed E-state index contributed by atoms with van der Waals surface area (Å²) in [6.07, 6.45) is 3.98. The van der Waals surface area contributed by atoms with Crippen LogP contribution in [-0.4, -0.2) is 0 Å². The molecule has 0 saturated heterocycles. The van der Waals surface area contributed by atoms with Gasteiger partial charge in [-0.1, -0.05) is 69.7 Å². The smallest absolute Gasteiger partial charge is 0.157 e. The summed E-state index contributed by atoms with van der Waals surface area (Å²) in [6.45, 7) is 8.57. The number of hydrogen-bond donors (Lipinski definition) is 0. The molecule has 0 fully saturated rings. The summed E-state index contributed by atoms with van der Waals surface area (Å²) in [4.78, 5) is 0. The van der Waals surface area contributed by atoms with Crippen LogP contribution in [0, 0.1) is 39.4 Å². The average Bonchev–Trinajstić information content (AvgIpc) is 2.53. The summed E-state index contributed by atoms with van der Waals surface area (Å²) in [6, 6.07) is 14.8. The second kappa shape index (κ2) is 5.98. The molecule has 22 heavy (non-hydrogen) atoms. The van der Waals surface area contributed by atoms with Gasteiger partial charge in [0.2, 0.25) is 0 Å². The Morgan fingerprint density at radius 1 is 1.14 bits per heavy atom. The van der Waals surface area contributed by atoms with Crippen molar-refractivity contribution in [2.75, 3.05) is 0 Å². The summed E-state index contributed by atoms with van der Waals surface area (Å²) in [5.74, 6) is -0.128. The van der Waals surface area contributed by atoms with Crippen LogP contribution < -0.4 is 0 Å². The molecular weight excluding hydrogens is 268 g/mol. The van der Waals surface area contributed by atoms with E-state index < -0.39 is 5.41 Å². The second-order valence-corrected chi connectivity index (χ2v) is 7.28. The predicted octanol–water partition coefficient (Wildman–Crippen LogP) is 5.21. The van der Waals surface area contributed by atoms with Gasteiger partial charge in [-0.25, -0.2) is 0 Å². The Balaban J connectivity index is 2.67. The third kappa shape index (κ3) is 2.67. The minimum Gasteiger partial charge on any atom is -0.197 e. The summed E-state index contributed by atoms with van der Waals surface area (Å²) in [5.41, 5.74) is 1.33. The number of allylic oxidation sites excluding steroid dienone is 2. The molecule has 2 nitrogen and oxygen atoms in total. The Morgan fingerprint density at radius 3 is 2.18 bits per heavy atom. The van der Waals surface area contributed by atoms with Gasteiger partial charge < -0.3 is 0 Å². The fourth-order valence-corrected chi connectivity index (χ4v) is 3.67. The number of benzene rings is 1. The van der Waals surface area contributed by atoms with E-state index in [-0.39, 0.29) is 17.3 Å². The SMILES string of the molecule is CCC1=C[C@@H](c2ccccc2)C(C#N)(C#N)[C@H](C(C)(C)C)C1. The standard InChI is InChI=1S/C20H24N2/c1-5-15-11-17(16-9-7-6-8-10-16)20(13-21,14-22)18(12-15)19(2,3)4/h6-11,17-18H,5,12H2,1-4H3/t17-,18-/m0/s1. The van der Waals surface area contributed by atoms with Gasteiger partial charge in [0.1, 0.15) is 0 Å². The minimum absolute atomic E-state index is 0.0279. The highest BCUT2D eigenvalue weighted by Gasteiger charge is 2.53. The fourth-order valence-electron chi connectivity index (χ4n) is 3.67. The number of nitriles is 2. The molecule has 0 aliphatic heterocycles. The van der Waals surface area contributed by atoms with E-state index in [4.69, 9.17) is 0 Å². The van der Waals surface area contributed by atoms with Crippen molar-refractivity contribution >= 4 is 0 Å². The zero-order valence-electron chi connectivity index (χ0n) is 13.9. The highest BCUT2D eigenvalue weighted by molar-refractivity contribution is 5.40. The monoisotopic (exact) mass is 292 g/mol. The van der Waals surface area contributed by atoms with Crippen LogP contribution in [0.4, 0.5) is 0 Å². The van der Waals surface area contributed by atoms with E-state index >= 15 is 0 Å². The van der Waals surface area contributed by atoms with Crippen molar-refractivity contribution in [3.8, 4) is 12.1 Å². The molecule has 1 aromatic carbocycles. The van der Waals surface area contributed by atoms with Crippen LogP contribution in [0.3, 0.4) is 0 Å². The van der Waals surface area contributed by atoms with Gasteiger partial charge >= 0.3 is 0 Å². The topological polar surface area (TPSA) is 47.6 Å². The second-order valence-electron chi connectivity index (χ2n) is 7.28. The number of nitrogens with zero attached hydrogens (tertiary/aromatic N) is 2. The third-order valence-electron chi connectivity index (χ3n) is 4.94. The van der Waals surface area contributed by atoms with Gasteiger partial charge in [0.15, 0.2) is 5.41 Å². The quantitative estimate of drug-likeness (QED) is 0.703. The minimum atomic E-state index is -1.00. The molecule has 1 aliphatic rings. The van der Waals surface area contributed by atoms with Gasteiger partial charge in [-0.3, -0.25) is 0 Å². The van der Waals surface area contributed by atoms with Crippen LogP contribution in [0.1, 0.15) is 52.0 Å². The van der Waals surface area contributed by atoms with E-state index in [1.807, 2.05) is 30.3 Å². The van der Waals surface area contributed by atoms with Crippen molar-refractivity contribution in [3.63, 3.8) is 0 Å². The molecule has 2 rings (SSSR count). The first-order valence-electron chi connectivity index (χ1n) is 7.96. The molecule has 0 heterocycles. The lowest BCUT2D eigenvalue weighted by atomic mass is 9.54. The Kier molecular flexibility index (Phi) is 4.43. The molecule has 0 radical (unpaired) electrons. The van der Waals surface area contributed by atoms with Crippen LogP contribution in [0.15, 0.2) is 42.0 Å². The first-order chi connectivity index (χ1) is 10.4. The van der Waals surface area contributed by atoms with Crippen LogP contribution >= 0.6 is 0 Å². The maximum absolute atomic E-state index is 9.96. The molecule has 1 aliphatic carbocycles. The van der Waals surface area contributed by atoms with Crippen molar-refractivity contribution in [1.82, 2.24) is 0 Å². The van der Waals surface area contributed by atoms with Gasteiger partial charge in [-0.05, 0) is 23.8 Å². The van der Waals surface area contributed by atoms with Gasteiger partial charge in [-0.2, -0.15) is 10.5 Å². The summed E-state index contributed by atoms with van der Waals surface area (Å²) in [7, 11) is 0. The van der Waals surface area contributed by atoms with E-state index in [1.165, 1.54) is 5.57 Å². The molecule has 0 saturated carbocycles. The molecule has 1 aromatic rings. The number of rotatable bonds is 2. The molecule has 0 bridgehead atoms. The van der Waals surface area contributed by atoms with Gasteiger partial charge in [0.05, 0.1) is 12.1 Å². The molecule has 2 heteroatoms. The summed E-state index contributed by atoms with van der Waals surface area (Å²) in [5, 5.41) is 19.9. The van der Waals surface area contributed by atoms with Crippen LogP contribution in [0.2, 0.25) is 0 Å². The predicted molar refractivity (Wildman–Crippen MR) is 88.8 cm³/mol. The maximum atomic E-state index is 9.96. The van der Waals surface area contributed by atoms with Crippen LogP contribution in [-0.2, 0) is 0 Å². The molecular formula is C20H24N2. The van der Waals surface area contributed by atoms with Gasteiger partial charge in [0.25, 0.3) is 0 Å². The lowest BCUT2D eigenvalue weighted by molar-refractivity contribution is 0.121. The normalized spacial score (nSPS) is 24.0. The molecule has 0 amide bonds. The Labute approximate surface area is 134 Å². The lowest BCUT2D eigenvalue weighted by Crippen LogP contribution is -2.43. The molecule has 114 valence electrons. The molecule has 0 unspecified atom stereocenters. The zero-order chi connectivity index (χ0) is 16.4. The van der Waals surface area contributed by atoms with E-state index in [1.54, 1.807) is 0 Å². The van der Waals surface area contributed by atoms with Crippen molar-refractivity contribution in [2.24, 2.45) is 16.7 Å². The highest BCUT2D eigenvalue weighted by atomic mass is 14.6. The average molecular weight is 292 g/mol. The van der Waals surface area contributed by atoms with E-state index in [0.717, 1.165) is 18.4 Å². The summed E-state index contributed by atoms with van der Waals surface area (Å²) < 4.78 is 0. The highest BCUT2D eigenvalue weighted by Crippen LogP contribution is 2.55. The van der Waals surface area contributed by atoms with Gasteiger partial charge in [-0.15, -0.1) is 0 Å². The zero-order valence-corrected chi connectivity index (χ0v) is 13.9. The Bertz CT molecular complexity index is 621. The van der Waals surface area contributed by atoms with E-state index in [9.17, 15) is 10.5 Å². The van der Waals surface area contributed by atoms with Crippen LogP contribution in [0.5, 0.6) is 0 Å². The largest absolute Gasteiger partial charge is 0.197 e. The third-order valence-corrected chi connectivity index (χ3v) is 4.94. The number of hydrogen-bond acceptors (Lipinski definition) is 2. The first kappa shape index (κ1) is 16.3. The molecule has 0 aromatic heterocycles. The fraction of sp³-hybridized carbons (Fsp3) is 0.500. The van der Waals surface area contributed by atoms with E-state index in [0.29, 0.717) is 0 Å². The lowest BCUT2D eigenvalue weighted by Gasteiger charge is -2.46. The van der Waals surface area contributed by atoms with Crippen molar-refractivity contribution < 1.29 is 0 Å². The molecule has 2 atom stereocenters. The molecule has 0 N–H and O–H groups in total. The Hall–Kier alpha value is -2.06.